The zero-order valence-corrected chi connectivity index (χ0v) is 10.6. The molecule has 2 N–H and O–H groups in total. The van der Waals surface area contributed by atoms with Crippen LogP contribution in [0.5, 0.6) is 11.5 Å². The van der Waals surface area contributed by atoms with E-state index in [1.165, 1.54) is 6.07 Å². The lowest BCUT2D eigenvalue weighted by atomic mass is 10.1. The van der Waals surface area contributed by atoms with Gasteiger partial charge in [-0.15, -0.1) is 0 Å². The van der Waals surface area contributed by atoms with Crippen LogP contribution >= 0.6 is 11.6 Å². The summed E-state index contributed by atoms with van der Waals surface area (Å²) in [6, 6.07) is 11.2. The molecule has 2 aromatic carbocycles. The Kier molecular flexibility index (Phi) is 3.84. The molecule has 2 aromatic rings. The van der Waals surface area contributed by atoms with Crippen molar-refractivity contribution in [1.82, 2.24) is 0 Å². The first-order valence-electron chi connectivity index (χ1n) is 5.55. The molecule has 0 fully saturated rings. The Balaban J connectivity index is 2.26. The number of ether oxygens (including phenoxy) is 1. The number of benzene rings is 2. The monoisotopic (exact) mass is 265 g/mol. The highest BCUT2D eigenvalue weighted by atomic mass is 35.5. The van der Waals surface area contributed by atoms with E-state index in [1.54, 1.807) is 36.4 Å². The van der Waals surface area contributed by atoms with Gasteiger partial charge in [-0.2, -0.15) is 0 Å². The van der Waals surface area contributed by atoms with Gasteiger partial charge in [-0.3, -0.25) is 0 Å². The molecular weight excluding hydrogens is 253 g/mol. The van der Waals surface area contributed by atoms with E-state index in [-0.39, 0.29) is 11.8 Å². The molecule has 0 aliphatic carbocycles. The smallest absolute Gasteiger partial charge is 0.165 e. The maximum absolute atomic E-state index is 13.4. The van der Waals surface area contributed by atoms with Crippen LogP contribution in [0.4, 0.5) is 4.39 Å². The Bertz CT molecular complexity index is 557. The van der Waals surface area contributed by atoms with Crippen LogP contribution in [-0.4, -0.2) is 0 Å². The lowest BCUT2D eigenvalue weighted by Crippen LogP contribution is -2.05. The third-order valence-electron chi connectivity index (χ3n) is 2.53. The topological polar surface area (TPSA) is 35.2 Å². The summed E-state index contributed by atoms with van der Waals surface area (Å²) >= 11 is 6.08. The Morgan fingerprint density at radius 1 is 1.22 bits per heavy atom. The molecule has 1 atom stereocenters. The molecule has 0 radical (unpaired) electrons. The van der Waals surface area contributed by atoms with Crippen molar-refractivity contribution >= 4 is 11.6 Å². The minimum Gasteiger partial charge on any atom is -0.454 e. The van der Waals surface area contributed by atoms with E-state index in [1.807, 2.05) is 6.92 Å². The summed E-state index contributed by atoms with van der Waals surface area (Å²) in [5.41, 5.74) is 6.59. The molecule has 0 amide bonds. The molecule has 18 heavy (non-hydrogen) atoms. The van der Waals surface area contributed by atoms with E-state index in [4.69, 9.17) is 22.1 Å². The van der Waals surface area contributed by atoms with Crippen LogP contribution in [0, 0.1) is 5.82 Å². The van der Waals surface area contributed by atoms with Crippen LogP contribution in [0.25, 0.3) is 0 Å². The number of nitrogens with two attached hydrogens (primary N) is 1. The van der Waals surface area contributed by atoms with Crippen molar-refractivity contribution in [2.24, 2.45) is 5.73 Å². The molecular formula is C14H13ClFNO. The van der Waals surface area contributed by atoms with Crippen molar-refractivity contribution in [3.8, 4) is 11.5 Å². The van der Waals surface area contributed by atoms with E-state index in [0.717, 1.165) is 5.56 Å². The molecule has 4 heteroatoms. The summed E-state index contributed by atoms with van der Waals surface area (Å²) in [7, 11) is 0. The molecule has 0 saturated heterocycles. The molecule has 0 bridgehead atoms. The summed E-state index contributed by atoms with van der Waals surface area (Å²) in [6.45, 7) is 1.85. The molecule has 0 saturated carbocycles. The average Bonchev–Trinajstić information content (AvgIpc) is 2.32. The Hall–Kier alpha value is -1.58. The van der Waals surface area contributed by atoms with Crippen LogP contribution in [0.15, 0.2) is 42.5 Å². The third kappa shape index (κ3) is 2.81. The van der Waals surface area contributed by atoms with E-state index in [2.05, 4.69) is 0 Å². The quantitative estimate of drug-likeness (QED) is 0.898. The first-order valence-corrected chi connectivity index (χ1v) is 5.93. The van der Waals surface area contributed by atoms with Gasteiger partial charge in [0.25, 0.3) is 0 Å². The zero-order chi connectivity index (χ0) is 13.1. The van der Waals surface area contributed by atoms with Gasteiger partial charge in [-0.25, -0.2) is 4.39 Å². The maximum atomic E-state index is 13.4. The van der Waals surface area contributed by atoms with Crippen molar-refractivity contribution in [1.29, 1.82) is 0 Å². The minimum atomic E-state index is -0.412. The van der Waals surface area contributed by atoms with Crippen LogP contribution in [0.3, 0.4) is 0 Å². The fourth-order valence-corrected chi connectivity index (χ4v) is 1.94. The molecule has 0 heterocycles. The zero-order valence-electron chi connectivity index (χ0n) is 9.86. The van der Waals surface area contributed by atoms with Gasteiger partial charge in [0.1, 0.15) is 5.75 Å². The van der Waals surface area contributed by atoms with Crippen LogP contribution < -0.4 is 10.5 Å². The molecule has 0 aromatic heterocycles. The summed E-state index contributed by atoms with van der Waals surface area (Å²) < 4.78 is 18.8. The van der Waals surface area contributed by atoms with Gasteiger partial charge < -0.3 is 10.5 Å². The van der Waals surface area contributed by atoms with E-state index < -0.39 is 5.82 Å². The first kappa shape index (κ1) is 12.9. The number of rotatable bonds is 3. The molecule has 0 aliphatic rings. The maximum Gasteiger partial charge on any atom is 0.165 e. The molecule has 1 unspecified atom stereocenters. The van der Waals surface area contributed by atoms with E-state index in [0.29, 0.717) is 10.8 Å². The highest BCUT2D eigenvalue weighted by molar-refractivity contribution is 6.31. The van der Waals surface area contributed by atoms with Crippen LogP contribution in [-0.2, 0) is 0 Å². The highest BCUT2D eigenvalue weighted by Crippen LogP contribution is 2.30. The van der Waals surface area contributed by atoms with Gasteiger partial charge in [-0.05, 0) is 36.8 Å². The second kappa shape index (κ2) is 5.38. The Morgan fingerprint density at radius 3 is 2.56 bits per heavy atom. The fourth-order valence-electron chi connectivity index (χ4n) is 1.60. The number of hydrogen-bond acceptors (Lipinski definition) is 2. The number of halogens is 2. The van der Waals surface area contributed by atoms with E-state index >= 15 is 0 Å². The predicted molar refractivity (Wildman–Crippen MR) is 70.5 cm³/mol. The fraction of sp³-hybridized carbons (Fsp3) is 0.143. The Morgan fingerprint density at radius 2 is 1.94 bits per heavy atom. The predicted octanol–water partition coefficient (Wildman–Crippen LogP) is 4.29. The van der Waals surface area contributed by atoms with Gasteiger partial charge >= 0.3 is 0 Å². The van der Waals surface area contributed by atoms with Crippen LogP contribution in [0.2, 0.25) is 5.02 Å². The molecule has 0 spiro atoms. The lowest BCUT2D eigenvalue weighted by molar-refractivity contribution is 0.442. The summed E-state index contributed by atoms with van der Waals surface area (Å²) in [6.07, 6.45) is 0. The third-order valence-corrected chi connectivity index (χ3v) is 2.85. The first-order chi connectivity index (χ1) is 8.58. The lowest BCUT2D eigenvalue weighted by Gasteiger charge is -2.11. The summed E-state index contributed by atoms with van der Waals surface area (Å²) in [5, 5.41) is 0.513. The summed E-state index contributed by atoms with van der Waals surface area (Å²) in [5.74, 6) is 0.238. The number of hydrogen-bond donors (Lipinski definition) is 1. The highest BCUT2D eigenvalue weighted by Gasteiger charge is 2.08. The van der Waals surface area contributed by atoms with Crippen LogP contribution in [0.1, 0.15) is 18.5 Å². The average molecular weight is 266 g/mol. The molecule has 2 rings (SSSR count). The van der Waals surface area contributed by atoms with Crippen molar-refractivity contribution in [3.63, 3.8) is 0 Å². The van der Waals surface area contributed by atoms with Gasteiger partial charge in [0.15, 0.2) is 11.6 Å². The van der Waals surface area contributed by atoms with Gasteiger partial charge in [-0.1, -0.05) is 29.8 Å². The minimum absolute atomic E-state index is 0.153. The van der Waals surface area contributed by atoms with Crippen molar-refractivity contribution in [2.45, 2.75) is 13.0 Å². The molecule has 0 aliphatic heterocycles. The normalized spacial score (nSPS) is 12.2. The second-order valence-corrected chi connectivity index (χ2v) is 4.41. The van der Waals surface area contributed by atoms with Crippen molar-refractivity contribution < 1.29 is 9.13 Å². The number of para-hydroxylation sites is 1. The molecule has 2 nitrogen and oxygen atoms in total. The van der Waals surface area contributed by atoms with Gasteiger partial charge in [0.05, 0.1) is 0 Å². The standard InChI is InChI=1S/C14H13ClFNO/c1-9(17)11-7-6-10(8-12(11)15)18-14-5-3-2-4-13(14)16/h2-9H,17H2,1H3. The largest absolute Gasteiger partial charge is 0.454 e. The molecule has 94 valence electrons. The van der Waals surface area contributed by atoms with Crippen molar-refractivity contribution in [3.05, 3.63) is 58.9 Å². The Labute approximate surface area is 110 Å². The van der Waals surface area contributed by atoms with Gasteiger partial charge in [0.2, 0.25) is 0 Å². The van der Waals surface area contributed by atoms with Crippen molar-refractivity contribution in [2.75, 3.05) is 0 Å². The van der Waals surface area contributed by atoms with E-state index in [9.17, 15) is 4.39 Å². The second-order valence-electron chi connectivity index (χ2n) is 4.00. The SMILES string of the molecule is CC(N)c1ccc(Oc2ccccc2F)cc1Cl. The van der Waals surface area contributed by atoms with Gasteiger partial charge in [0, 0.05) is 11.1 Å². The summed E-state index contributed by atoms with van der Waals surface area (Å²) in [4.78, 5) is 0.